The summed E-state index contributed by atoms with van der Waals surface area (Å²) in [6.07, 6.45) is 0. The van der Waals surface area contributed by atoms with Gasteiger partial charge in [0.05, 0.1) is 4.47 Å². The Morgan fingerprint density at radius 1 is 1.24 bits per heavy atom. The van der Waals surface area contributed by atoms with Crippen molar-refractivity contribution in [2.45, 2.75) is 34.2 Å². The minimum absolute atomic E-state index is 0.00951. The second-order valence-corrected chi connectivity index (χ2v) is 6.03. The van der Waals surface area contributed by atoms with Crippen LogP contribution in [0.25, 0.3) is 0 Å². The smallest absolute Gasteiger partial charge is 0.202 e. The zero-order valence-corrected chi connectivity index (χ0v) is 14.5. The number of carbonyl (C=O) groups is 1. The highest BCUT2D eigenvalue weighted by atomic mass is 79.9. The maximum Gasteiger partial charge on any atom is 0.202 e. The van der Waals surface area contributed by atoms with Crippen LogP contribution in [-0.4, -0.2) is 17.0 Å². The molecule has 112 valence electrons. The van der Waals surface area contributed by atoms with Gasteiger partial charge >= 0.3 is 0 Å². The number of carbonyl (C=O) groups excluding carboxylic acids is 1. The fourth-order valence-corrected chi connectivity index (χ4v) is 3.12. The Kier molecular flexibility index (Phi) is 4.88. The zero-order chi connectivity index (χ0) is 15.6. The number of hydrogen-bond acceptors (Lipinski definition) is 2. The Bertz CT molecular complexity index is 674. The Hall–Kier alpha value is -1.55. The Labute approximate surface area is 134 Å². The average molecular weight is 350 g/mol. The molecule has 0 aliphatic heterocycles. The molecular formula is C17H20BrNO2. The molecule has 2 rings (SSSR count). The van der Waals surface area contributed by atoms with E-state index in [4.69, 9.17) is 4.74 Å². The highest BCUT2D eigenvalue weighted by Gasteiger charge is 2.16. The maximum absolute atomic E-state index is 12.3. The molecule has 0 saturated carbocycles. The molecule has 1 aromatic carbocycles. The molecule has 21 heavy (non-hydrogen) atoms. The largest absolute Gasteiger partial charge is 0.484 e. The van der Waals surface area contributed by atoms with Crippen molar-refractivity contribution in [2.24, 2.45) is 0 Å². The minimum atomic E-state index is 0.00951. The maximum atomic E-state index is 12.3. The van der Waals surface area contributed by atoms with E-state index in [9.17, 15) is 4.79 Å². The van der Waals surface area contributed by atoms with Gasteiger partial charge in [-0.3, -0.25) is 4.79 Å². The first kappa shape index (κ1) is 15.8. The number of ether oxygens (including phenoxy) is 1. The summed E-state index contributed by atoms with van der Waals surface area (Å²) in [5.41, 5.74) is 4.01. The normalized spacial score (nSPS) is 10.7. The van der Waals surface area contributed by atoms with Crippen molar-refractivity contribution in [3.05, 3.63) is 51.3 Å². The summed E-state index contributed by atoms with van der Waals surface area (Å²) in [6, 6.07) is 7.76. The molecule has 0 amide bonds. The molecule has 2 aromatic rings. The van der Waals surface area contributed by atoms with Crippen LogP contribution < -0.4 is 4.74 Å². The van der Waals surface area contributed by atoms with Gasteiger partial charge in [-0.25, -0.2) is 0 Å². The second kappa shape index (κ2) is 6.48. The molecule has 0 bridgehead atoms. The highest BCUT2D eigenvalue weighted by Crippen LogP contribution is 2.26. The van der Waals surface area contributed by atoms with Gasteiger partial charge in [-0.15, -0.1) is 0 Å². The van der Waals surface area contributed by atoms with Crippen molar-refractivity contribution in [2.75, 3.05) is 6.61 Å². The summed E-state index contributed by atoms with van der Waals surface area (Å²) >= 11 is 3.45. The number of Topliss-reactive ketones (excluding diaryl/α,β-unsaturated/α-hetero) is 1. The minimum Gasteiger partial charge on any atom is -0.484 e. The van der Waals surface area contributed by atoms with E-state index < -0.39 is 0 Å². The van der Waals surface area contributed by atoms with Gasteiger partial charge in [-0.05, 0) is 67.4 Å². The van der Waals surface area contributed by atoms with Crippen LogP contribution in [0, 0.1) is 20.8 Å². The standard InChI is InChI=1S/C17H20BrNO2/c1-5-19-12(3)9-14(13(19)4)16(20)10-21-17-7-6-11(2)8-15(17)18/h6-9H,5,10H2,1-4H3. The number of nitrogens with zero attached hydrogens (tertiary/aromatic N) is 1. The first-order valence-corrected chi connectivity index (χ1v) is 7.82. The lowest BCUT2D eigenvalue weighted by atomic mass is 10.1. The molecule has 4 heteroatoms. The van der Waals surface area contributed by atoms with Gasteiger partial charge in [-0.2, -0.15) is 0 Å². The van der Waals surface area contributed by atoms with E-state index in [0.717, 1.165) is 33.5 Å². The first-order chi connectivity index (χ1) is 9.93. The van der Waals surface area contributed by atoms with E-state index in [2.05, 4.69) is 27.4 Å². The lowest BCUT2D eigenvalue weighted by molar-refractivity contribution is 0.0920. The molecule has 0 spiro atoms. The van der Waals surface area contributed by atoms with Crippen LogP contribution in [0.15, 0.2) is 28.7 Å². The first-order valence-electron chi connectivity index (χ1n) is 7.03. The number of aromatic nitrogens is 1. The molecule has 0 fully saturated rings. The summed E-state index contributed by atoms with van der Waals surface area (Å²) in [4.78, 5) is 12.3. The molecule has 0 aliphatic rings. The Balaban J connectivity index is 2.12. The summed E-state index contributed by atoms with van der Waals surface area (Å²) < 4.78 is 8.64. The number of hydrogen-bond donors (Lipinski definition) is 0. The van der Waals surface area contributed by atoms with E-state index in [-0.39, 0.29) is 12.4 Å². The topological polar surface area (TPSA) is 31.2 Å². The van der Waals surface area contributed by atoms with Gasteiger partial charge in [0, 0.05) is 23.5 Å². The average Bonchev–Trinajstić information content (AvgIpc) is 2.72. The fraction of sp³-hybridized carbons (Fsp3) is 0.353. The van der Waals surface area contributed by atoms with E-state index in [1.807, 2.05) is 45.0 Å². The van der Waals surface area contributed by atoms with Gasteiger partial charge in [0.25, 0.3) is 0 Å². The summed E-state index contributed by atoms with van der Waals surface area (Å²) in [7, 11) is 0. The molecule has 0 unspecified atom stereocenters. The van der Waals surface area contributed by atoms with Crippen LogP contribution in [0.4, 0.5) is 0 Å². The molecule has 0 aliphatic carbocycles. The summed E-state index contributed by atoms with van der Waals surface area (Å²) in [5.74, 6) is 0.702. The van der Waals surface area contributed by atoms with Crippen molar-refractivity contribution in [1.82, 2.24) is 4.57 Å². The SMILES string of the molecule is CCn1c(C)cc(C(=O)COc2ccc(C)cc2Br)c1C. The van der Waals surface area contributed by atoms with Crippen LogP contribution in [0.1, 0.15) is 34.2 Å². The van der Waals surface area contributed by atoms with E-state index in [1.165, 1.54) is 0 Å². The molecule has 0 atom stereocenters. The third-order valence-corrected chi connectivity index (χ3v) is 4.26. The van der Waals surface area contributed by atoms with Crippen molar-refractivity contribution >= 4 is 21.7 Å². The van der Waals surface area contributed by atoms with Crippen molar-refractivity contribution in [3.8, 4) is 5.75 Å². The molecule has 0 N–H and O–H groups in total. The van der Waals surface area contributed by atoms with Crippen LogP contribution in [0.2, 0.25) is 0 Å². The second-order valence-electron chi connectivity index (χ2n) is 5.17. The van der Waals surface area contributed by atoms with Crippen molar-refractivity contribution < 1.29 is 9.53 Å². The number of halogens is 1. The molecule has 0 saturated heterocycles. The van der Waals surface area contributed by atoms with Crippen LogP contribution in [-0.2, 0) is 6.54 Å². The Morgan fingerprint density at radius 2 is 1.95 bits per heavy atom. The molecule has 1 aromatic heterocycles. The zero-order valence-electron chi connectivity index (χ0n) is 12.9. The fourth-order valence-electron chi connectivity index (χ4n) is 2.51. The lowest BCUT2D eigenvalue weighted by Gasteiger charge is -2.09. The van der Waals surface area contributed by atoms with Gasteiger partial charge in [0.2, 0.25) is 5.78 Å². The quantitative estimate of drug-likeness (QED) is 0.746. The molecule has 3 nitrogen and oxygen atoms in total. The third kappa shape index (κ3) is 3.38. The van der Waals surface area contributed by atoms with Gasteiger partial charge in [-0.1, -0.05) is 6.07 Å². The van der Waals surface area contributed by atoms with Gasteiger partial charge in [0.15, 0.2) is 6.61 Å². The number of benzene rings is 1. The molecular weight excluding hydrogens is 330 g/mol. The summed E-state index contributed by atoms with van der Waals surface area (Å²) in [5, 5.41) is 0. The lowest BCUT2D eigenvalue weighted by Crippen LogP contribution is -2.13. The van der Waals surface area contributed by atoms with Crippen LogP contribution in [0.3, 0.4) is 0 Å². The van der Waals surface area contributed by atoms with E-state index >= 15 is 0 Å². The highest BCUT2D eigenvalue weighted by molar-refractivity contribution is 9.10. The summed E-state index contributed by atoms with van der Waals surface area (Å²) in [6.45, 7) is 9.01. The van der Waals surface area contributed by atoms with Crippen molar-refractivity contribution in [3.63, 3.8) is 0 Å². The van der Waals surface area contributed by atoms with E-state index in [0.29, 0.717) is 5.75 Å². The van der Waals surface area contributed by atoms with Crippen LogP contribution in [0.5, 0.6) is 5.75 Å². The number of aryl methyl sites for hydroxylation is 2. The Morgan fingerprint density at radius 3 is 2.52 bits per heavy atom. The van der Waals surface area contributed by atoms with Crippen molar-refractivity contribution in [1.29, 1.82) is 0 Å². The van der Waals surface area contributed by atoms with E-state index in [1.54, 1.807) is 0 Å². The van der Waals surface area contributed by atoms with Gasteiger partial charge < -0.3 is 9.30 Å². The molecule has 1 heterocycles. The molecule has 0 radical (unpaired) electrons. The monoisotopic (exact) mass is 349 g/mol. The predicted octanol–water partition coefficient (Wildman–Crippen LogP) is 4.46. The predicted molar refractivity (Wildman–Crippen MR) is 88.3 cm³/mol. The van der Waals surface area contributed by atoms with Gasteiger partial charge in [0.1, 0.15) is 5.75 Å². The van der Waals surface area contributed by atoms with Crippen LogP contribution >= 0.6 is 15.9 Å². The third-order valence-electron chi connectivity index (χ3n) is 3.64. The number of rotatable bonds is 5. The number of ketones is 1.